The Hall–Kier alpha value is -3.05. The molecule has 27 heavy (non-hydrogen) atoms. The Balaban J connectivity index is 1.38. The van der Waals surface area contributed by atoms with Gasteiger partial charge in [-0.05, 0) is 24.3 Å². The van der Waals surface area contributed by atoms with Crippen molar-refractivity contribution in [3.05, 3.63) is 49.1 Å². The lowest BCUT2D eigenvalue weighted by atomic mass is 10.3. The summed E-state index contributed by atoms with van der Waals surface area (Å²) in [6.07, 6.45) is 5.73. The average molecular weight is 387 g/mol. The third kappa shape index (κ3) is 3.73. The number of hydrogen-bond donors (Lipinski definition) is 1. The van der Waals surface area contributed by atoms with Crippen molar-refractivity contribution in [2.24, 2.45) is 0 Å². The van der Waals surface area contributed by atoms with Gasteiger partial charge in [0, 0.05) is 44.3 Å². The molecule has 1 aliphatic heterocycles. The minimum absolute atomic E-state index is 0.0716. The van der Waals surface area contributed by atoms with Gasteiger partial charge in [-0.1, -0.05) is 5.16 Å². The monoisotopic (exact) mass is 387 g/mol. The Kier molecular flexibility index (Phi) is 4.69. The molecule has 0 radical (unpaired) electrons. The first-order valence-corrected chi connectivity index (χ1v) is 9.72. The van der Waals surface area contributed by atoms with Crippen molar-refractivity contribution in [3.63, 3.8) is 0 Å². The lowest BCUT2D eigenvalue weighted by Gasteiger charge is -2.34. The van der Waals surface area contributed by atoms with Gasteiger partial charge in [0.15, 0.2) is 11.6 Å². The second-order valence-electron chi connectivity index (χ2n) is 5.89. The highest BCUT2D eigenvalue weighted by atomic mass is 32.2. The molecular formula is C16H17N7O3S. The van der Waals surface area contributed by atoms with Crippen LogP contribution in [0.15, 0.2) is 58.5 Å². The Morgan fingerprint density at radius 1 is 1.00 bits per heavy atom. The summed E-state index contributed by atoms with van der Waals surface area (Å²) in [6, 6.07) is 7.37. The van der Waals surface area contributed by atoms with E-state index in [1.54, 1.807) is 12.4 Å². The van der Waals surface area contributed by atoms with E-state index in [1.165, 1.54) is 10.5 Å². The molecule has 0 aromatic carbocycles. The first-order valence-electron chi connectivity index (χ1n) is 8.28. The SMILES string of the molecule is O=S(=O)(c1cnoc1)N1CCN(c2ccc(Nc3ccncc3)nn2)CC1. The molecule has 11 heteroatoms. The molecule has 4 heterocycles. The van der Waals surface area contributed by atoms with Crippen LogP contribution in [0.2, 0.25) is 0 Å². The van der Waals surface area contributed by atoms with Gasteiger partial charge in [-0.3, -0.25) is 4.98 Å². The van der Waals surface area contributed by atoms with Crippen LogP contribution >= 0.6 is 0 Å². The fraction of sp³-hybridized carbons (Fsp3) is 0.250. The molecule has 1 fully saturated rings. The number of nitrogens with zero attached hydrogens (tertiary/aromatic N) is 6. The second kappa shape index (κ2) is 7.29. The normalized spacial score (nSPS) is 15.6. The van der Waals surface area contributed by atoms with Gasteiger partial charge in [-0.15, -0.1) is 10.2 Å². The highest BCUT2D eigenvalue weighted by molar-refractivity contribution is 7.89. The van der Waals surface area contributed by atoms with Crippen LogP contribution in [0.25, 0.3) is 0 Å². The van der Waals surface area contributed by atoms with Gasteiger partial charge < -0.3 is 14.7 Å². The van der Waals surface area contributed by atoms with Gasteiger partial charge in [-0.2, -0.15) is 4.31 Å². The largest absolute Gasteiger partial charge is 0.363 e. The molecule has 0 spiro atoms. The minimum Gasteiger partial charge on any atom is -0.363 e. The smallest absolute Gasteiger partial charge is 0.248 e. The van der Waals surface area contributed by atoms with E-state index in [0.29, 0.717) is 37.8 Å². The molecule has 4 rings (SSSR count). The third-order valence-electron chi connectivity index (χ3n) is 4.21. The molecule has 0 unspecified atom stereocenters. The molecule has 0 bridgehead atoms. The van der Waals surface area contributed by atoms with Crippen LogP contribution in [0.5, 0.6) is 0 Å². The summed E-state index contributed by atoms with van der Waals surface area (Å²) < 4.78 is 31.0. The number of aromatic nitrogens is 4. The number of sulfonamides is 1. The van der Waals surface area contributed by atoms with Crippen molar-refractivity contribution in [1.82, 2.24) is 24.6 Å². The van der Waals surface area contributed by atoms with Crippen LogP contribution in [-0.2, 0) is 10.0 Å². The van der Waals surface area contributed by atoms with E-state index in [4.69, 9.17) is 0 Å². The Morgan fingerprint density at radius 2 is 1.78 bits per heavy atom. The van der Waals surface area contributed by atoms with Crippen molar-refractivity contribution >= 4 is 27.3 Å². The van der Waals surface area contributed by atoms with Gasteiger partial charge in [0.05, 0.1) is 6.20 Å². The lowest BCUT2D eigenvalue weighted by Crippen LogP contribution is -2.48. The highest BCUT2D eigenvalue weighted by Crippen LogP contribution is 2.20. The zero-order valence-electron chi connectivity index (χ0n) is 14.3. The Bertz CT molecular complexity index is 971. The highest BCUT2D eigenvalue weighted by Gasteiger charge is 2.30. The quantitative estimate of drug-likeness (QED) is 0.687. The van der Waals surface area contributed by atoms with Crippen LogP contribution in [0.1, 0.15) is 0 Å². The van der Waals surface area contributed by atoms with Crippen LogP contribution in [0.4, 0.5) is 17.3 Å². The van der Waals surface area contributed by atoms with Crippen LogP contribution < -0.4 is 10.2 Å². The first kappa shape index (κ1) is 17.4. The zero-order valence-corrected chi connectivity index (χ0v) is 15.1. The first-order chi connectivity index (χ1) is 13.1. The number of anilines is 3. The number of rotatable bonds is 5. The van der Waals surface area contributed by atoms with E-state index in [9.17, 15) is 8.42 Å². The summed E-state index contributed by atoms with van der Waals surface area (Å²) in [7, 11) is -3.57. The van der Waals surface area contributed by atoms with Crippen molar-refractivity contribution < 1.29 is 12.9 Å². The summed E-state index contributed by atoms with van der Waals surface area (Å²) in [5.41, 5.74) is 0.875. The second-order valence-corrected chi connectivity index (χ2v) is 7.83. The summed E-state index contributed by atoms with van der Waals surface area (Å²) in [5, 5.41) is 15.0. The average Bonchev–Trinajstić information content (AvgIpc) is 3.25. The molecule has 3 aromatic rings. The van der Waals surface area contributed by atoms with E-state index in [-0.39, 0.29) is 4.90 Å². The molecule has 0 atom stereocenters. The number of hydrogen-bond acceptors (Lipinski definition) is 9. The van der Waals surface area contributed by atoms with Gasteiger partial charge in [0.2, 0.25) is 10.0 Å². The summed E-state index contributed by atoms with van der Waals surface area (Å²) in [5.74, 6) is 1.33. The van der Waals surface area contributed by atoms with Crippen molar-refractivity contribution in [2.45, 2.75) is 4.90 Å². The Morgan fingerprint density at radius 3 is 2.41 bits per heavy atom. The topological polar surface area (TPSA) is 117 Å². The van der Waals surface area contributed by atoms with Crippen molar-refractivity contribution in [1.29, 1.82) is 0 Å². The molecule has 1 aliphatic rings. The van der Waals surface area contributed by atoms with Crippen LogP contribution in [0, 0.1) is 0 Å². The molecule has 0 saturated carbocycles. The van der Waals surface area contributed by atoms with E-state index in [2.05, 4.69) is 30.2 Å². The van der Waals surface area contributed by atoms with E-state index >= 15 is 0 Å². The number of piperazine rings is 1. The maximum absolute atomic E-state index is 12.5. The molecule has 0 aliphatic carbocycles. The Labute approximate surface area is 155 Å². The predicted octanol–water partition coefficient (Wildman–Crippen LogP) is 1.11. The number of nitrogens with one attached hydrogen (secondary N) is 1. The fourth-order valence-corrected chi connectivity index (χ4v) is 4.06. The van der Waals surface area contributed by atoms with Gasteiger partial charge in [0.25, 0.3) is 0 Å². The molecule has 1 saturated heterocycles. The van der Waals surface area contributed by atoms with Gasteiger partial charge >= 0.3 is 0 Å². The van der Waals surface area contributed by atoms with Crippen molar-refractivity contribution in [3.8, 4) is 0 Å². The number of pyridine rings is 1. The minimum atomic E-state index is -3.57. The maximum Gasteiger partial charge on any atom is 0.248 e. The molecule has 10 nitrogen and oxygen atoms in total. The summed E-state index contributed by atoms with van der Waals surface area (Å²) in [6.45, 7) is 1.76. The van der Waals surface area contributed by atoms with Gasteiger partial charge in [-0.25, -0.2) is 8.42 Å². The predicted molar refractivity (Wildman–Crippen MR) is 97.0 cm³/mol. The third-order valence-corrected chi connectivity index (χ3v) is 6.06. The molecule has 3 aromatic heterocycles. The van der Waals surface area contributed by atoms with E-state index in [1.807, 2.05) is 29.2 Å². The lowest BCUT2D eigenvalue weighted by molar-refractivity contribution is 0.382. The standard InChI is InChI=1S/C16H17N7O3S/c24-27(25,14-11-18-26-12-14)23-9-7-22(8-10-23)16-2-1-15(20-21-16)19-13-3-5-17-6-4-13/h1-6,11-12H,7-10H2,(H,17,19,20). The van der Waals surface area contributed by atoms with Crippen LogP contribution in [0.3, 0.4) is 0 Å². The fourth-order valence-electron chi connectivity index (χ4n) is 2.77. The molecule has 0 amide bonds. The summed E-state index contributed by atoms with van der Waals surface area (Å²) in [4.78, 5) is 6.04. The van der Waals surface area contributed by atoms with Gasteiger partial charge in [0.1, 0.15) is 11.2 Å². The molecule has 1 N–H and O–H groups in total. The zero-order chi connectivity index (χ0) is 18.7. The van der Waals surface area contributed by atoms with E-state index in [0.717, 1.165) is 12.0 Å². The maximum atomic E-state index is 12.5. The molecule has 140 valence electrons. The van der Waals surface area contributed by atoms with E-state index < -0.39 is 10.0 Å². The molecular weight excluding hydrogens is 370 g/mol. The summed E-state index contributed by atoms with van der Waals surface area (Å²) >= 11 is 0. The van der Waals surface area contributed by atoms with Crippen molar-refractivity contribution in [2.75, 3.05) is 36.4 Å². The van der Waals surface area contributed by atoms with Crippen LogP contribution in [-0.4, -0.2) is 59.2 Å².